The molecule has 0 radical (unpaired) electrons. The molecule has 3 N–H and O–H groups in total. The molecule has 0 saturated carbocycles. The van der Waals surface area contributed by atoms with Crippen LogP contribution in [0.3, 0.4) is 0 Å². The Bertz CT molecular complexity index is 1460. The minimum absolute atomic E-state index is 0.0737. The van der Waals surface area contributed by atoms with E-state index in [1.54, 1.807) is 26.1 Å². The predicted octanol–water partition coefficient (Wildman–Crippen LogP) is 3.18. The molecule has 178 valence electrons. The zero-order valence-electron chi connectivity index (χ0n) is 19.0. The number of anilines is 1. The largest absolute Gasteiger partial charge is 0.478 e. The fourth-order valence-corrected chi connectivity index (χ4v) is 4.20. The second-order valence-corrected chi connectivity index (χ2v) is 8.40. The Labute approximate surface area is 199 Å². The average molecular weight is 475 g/mol. The van der Waals surface area contributed by atoms with Gasteiger partial charge in [-0.05, 0) is 54.8 Å². The zero-order chi connectivity index (χ0) is 25.4. The summed E-state index contributed by atoms with van der Waals surface area (Å²) in [5.41, 5.74) is 7.31. The number of carbonyl (C=O) groups excluding carboxylic acids is 2. The van der Waals surface area contributed by atoms with Crippen molar-refractivity contribution in [1.29, 1.82) is 0 Å². The normalized spacial score (nSPS) is 15.6. The molecular weight excluding hydrogens is 453 g/mol. The molecule has 2 amide bonds. The molecule has 1 aliphatic heterocycles. The van der Waals surface area contributed by atoms with E-state index < -0.39 is 35.1 Å². The first-order chi connectivity index (χ1) is 16.6. The molecule has 2 heterocycles. The Morgan fingerprint density at radius 3 is 2.34 bits per heavy atom. The van der Waals surface area contributed by atoms with Crippen molar-refractivity contribution in [1.82, 2.24) is 4.57 Å². The highest BCUT2D eigenvalue weighted by molar-refractivity contribution is 6.04. The predicted molar refractivity (Wildman–Crippen MR) is 127 cm³/mol. The Hall–Kier alpha value is -4.53. The molecule has 9 heteroatoms. The Morgan fingerprint density at radius 2 is 1.71 bits per heavy atom. The van der Waals surface area contributed by atoms with Crippen molar-refractivity contribution in [2.45, 2.75) is 26.2 Å². The van der Waals surface area contributed by atoms with E-state index in [0.717, 1.165) is 5.56 Å². The van der Waals surface area contributed by atoms with Gasteiger partial charge in [-0.2, -0.15) is 0 Å². The van der Waals surface area contributed by atoms with Gasteiger partial charge in [-0.1, -0.05) is 18.2 Å². The summed E-state index contributed by atoms with van der Waals surface area (Å²) in [4.78, 5) is 51.3. The van der Waals surface area contributed by atoms with Gasteiger partial charge in [0.05, 0.1) is 16.9 Å². The molecular formula is C26H22FN3O5. The fourth-order valence-electron chi connectivity index (χ4n) is 4.20. The summed E-state index contributed by atoms with van der Waals surface area (Å²) < 4.78 is 14.7. The molecule has 0 aliphatic carbocycles. The summed E-state index contributed by atoms with van der Waals surface area (Å²) in [6.07, 6.45) is 2.58. The quantitative estimate of drug-likeness (QED) is 0.587. The van der Waals surface area contributed by atoms with Crippen LogP contribution < -0.4 is 16.2 Å². The number of benzene rings is 2. The van der Waals surface area contributed by atoms with Gasteiger partial charge in [-0.3, -0.25) is 23.9 Å². The van der Waals surface area contributed by atoms with Crippen molar-refractivity contribution in [3.63, 3.8) is 0 Å². The number of amides is 2. The minimum Gasteiger partial charge on any atom is -0.478 e. The van der Waals surface area contributed by atoms with Gasteiger partial charge < -0.3 is 10.8 Å². The van der Waals surface area contributed by atoms with Crippen molar-refractivity contribution in [2.75, 3.05) is 4.90 Å². The monoisotopic (exact) mass is 475 g/mol. The molecule has 1 aliphatic rings. The number of primary amides is 1. The van der Waals surface area contributed by atoms with Crippen molar-refractivity contribution in [3.8, 4) is 5.69 Å². The maximum absolute atomic E-state index is 13.4. The van der Waals surface area contributed by atoms with E-state index in [9.17, 15) is 28.7 Å². The lowest BCUT2D eigenvalue weighted by molar-refractivity contribution is -0.133. The van der Waals surface area contributed by atoms with E-state index in [1.165, 1.54) is 58.1 Å². The summed E-state index contributed by atoms with van der Waals surface area (Å²) in [7, 11) is 0. The lowest BCUT2D eigenvalue weighted by Gasteiger charge is -2.31. The van der Waals surface area contributed by atoms with Crippen molar-refractivity contribution in [3.05, 3.63) is 105 Å². The van der Waals surface area contributed by atoms with Crippen LogP contribution in [0.1, 0.15) is 39.4 Å². The van der Waals surface area contributed by atoms with E-state index >= 15 is 0 Å². The Kier molecular flexibility index (Phi) is 6.09. The second-order valence-electron chi connectivity index (χ2n) is 8.40. The smallest absolute Gasteiger partial charge is 0.333 e. The second kappa shape index (κ2) is 9.02. The third-order valence-electron chi connectivity index (χ3n) is 5.98. The first-order valence-corrected chi connectivity index (χ1v) is 10.7. The molecule has 0 fully saturated rings. The van der Waals surface area contributed by atoms with E-state index in [2.05, 4.69) is 0 Å². The van der Waals surface area contributed by atoms with Crippen LogP contribution in [0.2, 0.25) is 0 Å². The molecule has 4 rings (SSSR count). The number of carboxylic acid groups (broad SMARTS) is 1. The zero-order valence-corrected chi connectivity index (χ0v) is 19.0. The van der Waals surface area contributed by atoms with Crippen molar-refractivity contribution < 1.29 is 23.9 Å². The van der Waals surface area contributed by atoms with Gasteiger partial charge in [0.25, 0.3) is 5.56 Å². The van der Waals surface area contributed by atoms with Crippen molar-refractivity contribution in [2.24, 2.45) is 5.73 Å². The van der Waals surface area contributed by atoms with Gasteiger partial charge in [0.1, 0.15) is 5.82 Å². The maximum atomic E-state index is 13.4. The van der Waals surface area contributed by atoms with Crippen LogP contribution in [0.25, 0.3) is 5.69 Å². The number of nitrogens with two attached hydrogens (primary N) is 1. The molecule has 0 bridgehead atoms. The molecule has 1 atom stereocenters. The number of carboxylic acids is 1. The van der Waals surface area contributed by atoms with Gasteiger partial charge >= 0.3 is 5.97 Å². The highest BCUT2D eigenvalue weighted by Gasteiger charge is 2.34. The first-order valence-electron chi connectivity index (χ1n) is 10.7. The summed E-state index contributed by atoms with van der Waals surface area (Å²) in [5.74, 6) is -3.64. The minimum atomic E-state index is -1.24. The van der Waals surface area contributed by atoms with Crippen LogP contribution in [-0.4, -0.2) is 27.5 Å². The molecule has 0 spiro atoms. The summed E-state index contributed by atoms with van der Waals surface area (Å²) >= 11 is 0. The molecule has 0 saturated heterocycles. The van der Waals surface area contributed by atoms with E-state index in [-0.39, 0.29) is 28.9 Å². The van der Waals surface area contributed by atoms with Gasteiger partial charge in [-0.15, -0.1) is 0 Å². The molecule has 1 aromatic heterocycles. The van der Waals surface area contributed by atoms with Gasteiger partial charge in [0, 0.05) is 36.4 Å². The first kappa shape index (κ1) is 23.6. The van der Waals surface area contributed by atoms with Crippen molar-refractivity contribution >= 4 is 23.5 Å². The Balaban J connectivity index is 1.94. The number of nitrogens with zero attached hydrogens (tertiary/aromatic N) is 2. The fraction of sp³-hybridized carbons (Fsp3) is 0.154. The highest BCUT2D eigenvalue weighted by atomic mass is 19.1. The van der Waals surface area contributed by atoms with Gasteiger partial charge in [-0.25, -0.2) is 9.18 Å². The number of aromatic nitrogens is 1. The third kappa shape index (κ3) is 4.48. The Morgan fingerprint density at radius 1 is 1.03 bits per heavy atom. The standard InChI is InChI=1S/C26H22FN3O5/c1-14-3-8-23(31)29(12-14)22-10-18(25(28)33)15(2)9-21(22)30-13-20(26(34)35)19(11-24(30)32)16-4-6-17(27)7-5-16/h3-10,12-13,19H,11H2,1-2H3,(H2,28,33)(H,34,35)/t19-/m0/s1. The number of pyridine rings is 1. The lowest BCUT2D eigenvalue weighted by atomic mass is 9.85. The summed E-state index contributed by atoms with van der Waals surface area (Å²) in [6.45, 7) is 3.41. The topological polar surface area (TPSA) is 123 Å². The van der Waals surface area contributed by atoms with Gasteiger partial charge in [0.2, 0.25) is 11.8 Å². The number of halogens is 1. The summed E-state index contributed by atoms with van der Waals surface area (Å²) in [5, 5.41) is 9.92. The van der Waals surface area contributed by atoms with Crippen LogP contribution in [0.4, 0.5) is 10.1 Å². The lowest BCUT2D eigenvalue weighted by Crippen LogP contribution is -2.35. The molecule has 3 aromatic rings. The van der Waals surface area contributed by atoms with Crippen LogP contribution in [-0.2, 0) is 9.59 Å². The van der Waals surface area contributed by atoms with E-state index in [1.807, 2.05) is 0 Å². The number of rotatable bonds is 5. The third-order valence-corrected chi connectivity index (χ3v) is 5.98. The molecule has 2 aromatic carbocycles. The maximum Gasteiger partial charge on any atom is 0.333 e. The number of aliphatic carboxylic acids is 1. The van der Waals surface area contributed by atoms with Crippen LogP contribution in [0, 0.1) is 19.7 Å². The van der Waals surface area contributed by atoms with Crippen LogP contribution in [0.15, 0.2) is 71.3 Å². The number of carbonyl (C=O) groups is 3. The van der Waals surface area contributed by atoms with Crippen LogP contribution in [0.5, 0.6) is 0 Å². The number of hydrogen-bond acceptors (Lipinski definition) is 4. The molecule has 8 nitrogen and oxygen atoms in total. The van der Waals surface area contributed by atoms with E-state index in [4.69, 9.17) is 5.73 Å². The highest BCUT2D eigenvalue weighted by Crippen LogP contribution is 2.37. The van der Waals surface area contributed by atoms with E-state index in [0.29, 0.717) is 11.1 Å². The van der Waals surface area contributed by atoms with Crippen LogP contribution >= 0.6 is 0 Å². The van der Waals surface area contributed by atoms with Gasteiger partial charge in [0.15, 0.2) is 0 Å². The summed E-state index contributed by atoms with van der Waals surface area (Å²) in [6, 6.07) is 11.2. The average Bonchev–Trinajstić information content (AvgIpc) is 2.80. The number of hydrogen-bond donors (Lipinski definition) is 2. The molecule has 35 heavy (non-hydrogen) atoms. The number of aryl methyl sites for hydroxylation is 2. The molecule has 0 unspecified atom stereocenters. The SMILES string of the molecule is Cc1ccc(=O)n(-c2cc(C(N)=O)c(C)cc2N2C=C(C(=O)O)[C@H](c3ccc(F)cc3)CC2=O)c1.